The number of para-hydroxylation sites is 1. The predicted octanol–water partition coefficient (Wildman–Crippen LogP) is 3.07. The van der Waals surface area contributed by atoms with Gasteiger partial charge < -0.3 is 19.5 Å². The highest BCUT2D eigenvalue weighted by atomic mass is 32.2. The summed E-state index contributed by atoms with van der Waals surface area (Å²) in [7, 11) is 0.128. The minimum atomic E-state index is -3.32. The molecule has 3 aliphatic heterocycles. The van der Waals surface area contributed by atoms with Crippen LogP contribution in [0.2, 0.25) is 0 Å². The maximum absolute atomic E-state index is 13.4. The molecule has 5 rings (SSSR count). The van der Waals surface area contributed by atoms with E-state index in [-0.39, 0.29) is 40.9 Å². The molecular weight excluding hydrogens is 566 g/mol. The van der Waals surface area contributed by atoms with Crippen LogP contribution in [0.5, 0.6) is 0 Å². The fourth-order valence-corrected chi connectivity index (χ4v) is 8.96. The van der Waals surface area contributed by atoms with Crippen molar-refractivity contribution >= 4 is 26.8 Å². The molecule has 0 aliphatic carbocycles. The van der Waals surface area contributed by atoms with Gasteiger partial charge in [-0.2, -0.15) is 0 Å². The minimum absolute atomic E-state index is 0.00393. The number of piperidine rings is 2. The van der Waals surface area contributed by atoms with Crippen LogP contribution in [0.1, 0.15) is 75.2 Å². The third kappa shape index (κ3) is 7.17. The monoisotopic (exact) mass is 615 g/mol. The van der Waals surface area contributed by atoms with Gasteiger partial charge in [-0.3, -0.25) is 14.5 Å². The lowest BCUT2D eigenvalue weighted by Gasteiger charge is -2.39. The number of sulfonamides is 1. The fraction of sp³-hybridized carbons (Fsp3) is 0.688. The number of hydrogen-bond acceptors (Lipinski definition) is 7. The predicted molar refractivity (Wildman–Crippen MR) is 170 cm³/mol. The third-order valence-corrected chi connectivity index (χ3v) is 11.8. The van der Waals surface area contributed by atoms with Crippen LogP contribution < -0.4 is 10.9 Å². The molecule has 0 radical (unpaired) electrons. The average molecular weight is 616 g/mol. The number of hydrogen-bond donors (Lipinski definition) is 1. The highest BCUT2D eigenvalue weighted by Crippen LogP contribution is 2.36. The van der Waals surface area contributed by atoms with Crippen LogP contribution in [0.3, 0.4) is 0 Å². The van der Waals surface area contributed by atoms with Crippen molar-refractivity contribution in [1.82, 2.24) is 24.0 Å². The topological polar surface area (TPSA) is 104 Å². The number of carbonyl (C=O) groups is 1. The van der Waals surface area contributed by atoms with Crippen LogP contribution in [0, 0.1) is 0 Å². The molecular formula is C32H49N5O5S. The Kier molecular flexibility index (Phi) is 10.3. The molecule has 1 N–H and O–H groups in total. The van der Waals surface area contributed by atoms with Gasteiger partial charge >= 0.3 is 0 Å². The summed E-state index contributed by atoms with van der Waals surface area (Å²) >= 11 is 0. The van der Waals surface area contributed by atoms with Crippen LogP contribution in [0.4, 0.5) is 0 Å². The molecule has 238 valence electrons. The van der Waals surface area contributed by atoms with Gasteiger partial charge in [0.15, 0.2) is 0 Å². The molecule has 3 saturated heterocycles. The summed E-state index contributed by atoms with van der Waals surface area (Å²) in [5.74, 6) is -0.144. The largest absolute Gasteiger partial charge is 0.383 e. The summed E-state index contributed by atoms with van der Waals surface area (Å²) in [5, 5.41) is 4.06. The van der Waals surface area contributed by atoms with Crippen LogP contribution in [0.25, 0.3) is 10.9 Å². The minimum Gasteiger partial charge on any atom is -0.383 e. The van der Waals surface area contributed by atoms with E-state index in [9.17, 15) is 18.0 Å². The summed E-state index contributed by atoms with van der Waals surface area (Å²) in [5.41, 5.74) is 0.772. The lowest BCUT2D eigenvalue weighted by atomic mass is 9.96. The van der Waals surface area contributed by atoms with Gasteiger partial charge in [-0.15, -0.1) is 0 Å². The quantitative estimate of drug-likeness (QED) is 0.392. The van der Waals surface area contributed by atoms with E-state index in [0.29, 0.717) is 25.1 Å². The van der Waals surface area contributed by atoms with E-state index in [1.54, 1.807) is 29.1 Å². The molecule has 1 amide bonds. The molecule has 3 atom stereocenters. The van der Waals surface area contributed by atoms with Crippen LogP contribution in [0.15, 0.2) is 35.1 Å². The highest BCUT2D eigenvalue weighted by molar-refractivity contribution is 7.89. The number of ether oxygens (including phenoxy) is 1. The lowest BCUT2D eigenvalue weighted by Crippen LogP contribution is -2.51. The maximum atomic E-state index is 13.4. The Bertz CT molecular complexity index is 1420. The molecule has 0 spiro atoms. The Hall–Kier alpha value is -2.31. The zero-order valence-corrected chi connectivity index (χ0v) is 27.0. The van der Waals surface area contributed by atoms with Gasteiger partial charge in [0.05, 0.1) is 17.9 Å². The Morgan fingerprint density at radius 2 is 1.74 bits per heavy atom. The zero-order valence-electron chi connectivity index (χ0n) is 26.2. The first kappa shape index (κ1) is 32.1. The van der Waals surface area contributed by atoms with Crippen molar-refractivity contribution in [3.8, 4) is 0 Å². The second-order valence-corrected chi connectivity index (χ2v) is 15.0. The van der Waals surface area contributed by atoms with Gasteiger partial charge in [0, 0.05) is 50.9 Å². The molecule has 0 saturated carbocycles. The van der Waals surface area contributed by atoms with Gasteiger partial charge in [0.1, 0.15) is 5.56 Å². The summed E-state index contributed by atoms with van der Waals surface area (Å²) in [6.07, 6.45) is 6.07. The maximum Gasteiger partial charge on any atom is 0.264 e. The fourth-order valence-electron chi connectivity index (χ4n) is 7.51. The molecule has 4 heterocycles. The summed E-state index contributed by atoms with van der Waals surface area (Å²) in [6, 6.07) is 10.1. The van der Waals surface area contributed by atoms with E-state index in [1.807, 2.05) is 38.1 Å². The van der Waals surface area contributed by atoms with Gasteiger partial charge in [-0.25, -0.2) is 12.7 Å². The normalized spacial score (nSPS) is 23.9. The highest BCUT2D eigenvalue weighted by Gasteiger charge is 2.41. The molecule has 11 heteroatoms. The van der Waals surface area contributed by atoms with Crippen molar-refractivity contribution in [3.05, 3.63) is 46.2 Å². The SMILES string of the molecule is COCCN1CCC(N(C)S(=O)(=O)CCCN2[C@@H]3CC[C@H]2C[C@H](NC(=O)c2cc4ccccc4n(C(C)C)c2=O)C3)CC1. The average Bonchev–Trinajstić information content (AvgIpc) is 3.22. The summed E-state index contributed by atoms with van der Waals surface area (Å²) in [6.45, 7) is 8.07. The van der Waals surface area contributed by atoms with Gasteiger partial charge in [-0.1, -0.05) is 18.2 Å². The van der Waals surface area contributed by atoms with Crippen molar-refractivity contribution in [2.75, 3.05) is 52.7 Å². The van der Waals surface area contributed by atoms with E-state index in [4.69, 9.17) is 4.74 Å². The first-order valence-electron chi connectivity index (χ1n) is 16.0. The molecule has 2 bridgehead atoms. The van der Waals surface area contributed by atoms with Crippen molar-refractivity contribution < 1.29 is 17.9 Å². The number of nitrogens with zero attached hydrogens (tertiary/aromatic N) is 4. The smallest absolute Gasteiger partial charge is 0.264 e. The standard InChI is InChI=1S/C32H49N5O5S/c1-23(2)37-30-9-6-5-8-24(30)20-29(32(37)39)31(38)33-25-21-27-10-11-28(22-25)36(27)14-7-19-43(40,41)34(3)26-12-15-35(16-13-26)17-18-42-4/h5-6,8-9,20,23,25-28H,7,10-19,21-22H2,1-4H3,(H,33,38)/t25-,27-,28+. The Balaban J connectivity index is 1.13. The molecule has 1 aromatic carbocycles. The second kappa shape index (κ2) is 13.8. The molecule has 10 nitrogen and oxygen atoms in total. The van der Waals surface area contributed by atoms with E-state index in [2.05, 4.69) is 15.1 Å². The van der Waals surface area contributed by atoms with Gasteiger partial charge in [0.25, 0.3) is 11.5 Å². The molecule has 3 fully saturated rings. The van der Waals surface area contributed by atoms with E-state index in [0.717, 1.165) is 75.6 Å². The van der Waals surface area contributed by atoms with Crippen molar-refractivity contribution in [2.45, 2.75) is 89.0 Å². The van der Waals surface area contributed by atoms with Crippen molar-refractivity contribution in [1.29, 1.82) is 0 Å². The number of carbonyl (C=O) groups excluding carboxylic acids is 1. The number of benzene rings is 1. The number of nitrogens with one attached hydrogen (secondary N) is 1. The van der Waals surface area contributed by atoms with Gasteiger partial charge in [-0.05, 0) is 95.9 Å². The lowest BCUT2D eigenvalue weighted by molar-refractivity contribution is 0.0844. The zero-order chi connectivity index (χ0) is 30.7. The Labute approximate surface area is 256 Å². The third-order valence-electron chi connectivity index (χ3n) is 9.87. The Morgan fingerprint density at radius 1 is 1.07 bits per heavy atom. The molecule has 1 aromatic heterocycles. The van der Waals surface area contributed by atoms with Crippen molar-refractivity contribution in [3.63, 3.8) is 0 Å². The van der Waals surface area contributed by atoms with Crippen molar-refractivity contribution in [2.24, 2.45) is 0 Å². The molecule has 3 aliphatic rings. The first-order valence-corrected chi connectivity index (χ1v) is 17.6. The number of pyridine rings is 1. The number of methoxy groups -OCH3 is 1. The van der Waals surface area contributed by atoms with Crippen LogP contribution >= 0.6 is 0 Å². The molecule has 43 heavy (non-hydrogen) atoms. The number of rotatable bonds is 12. The summed E-state index contributed by atoms with van der Waals surface area (Å²) in [4.78, 5) is 31.5. The summed E-state index contributed by atoms with van der Waals surface area (Å²) < 4.78 is 34.9. The van der Waals surface area contributed by atoms with Crippen LogP contribution in [-0.2, 0) is 14.8 Å². The van der Waals surface area contributed by atoms with E-state index >= 15 is 0 Å². The first-order chi connectivity index (χ1) is 20.6. The molecule has 2 aromatic rings. The number of amides is 1. The number of likely N-dealkylation sites (tertiary alicyclic amines) is 1. The van der Waals surface area contributed by atoms with E-state index in [1.165, 1.54) is 0 Å². The van der Waals surface area contributed by atoms with Crippen LogP contribution in [-0.4, -0.2) is 110 Å². The Morgan fingerprint density at radius 3 is 2.40 bits per heavy atom. The second-order valence-electron chi connectivity index (χ2n) is 12.9. The van der Waals surface area contributed by atoms with E-state index < -0.39 is 10.0 Å². The number of aromatic nitrogens is 1. The molecule has 0 unspecified atom stereocenters. The number of fused-ring (bicyclic) bond motifs is 3. The van der Waals surface area contributed by atoms with Gasteiger partial charge in [0.2, 0.25) is 10.0 Å².